The molecule has 0 radical (unpaired) electrons. The van der Waals surface area contributed by atoms with Gasteiger partial charge in [-0.05, 0) is 36.4 Å². The van der Waals surface area contributed by atoms with Crippen LogP contribution >= 0.6 is 0 Å². The zero-order valence-corrected chi connectivity index (χ0v) is 11.2. The summed E-state index contributed by atoms with van der Waals surface area (Å²) in [5.74, 6) is -0.326. The van der Waals surface area contributed by atoms with Gasteiger partial charge in [0, 0.05) is 5.39 Å². The van der Waals surface area contributed by atoms with Gasteiger partial charge in [0.25, 0.3) is 0 Å². The van der Waals surface area contributed by atoms with Crippen LogP contribution in [0, 0.1) is 0 Å². The number of carbonyl (C=O) groups is 1. The minimum Gasteiger partial charge on any atom is -0.487 e. The lowest BCUT2D eigenvalue weighted by atomic mass is 10.2. The molecular weight excluding hydrogens is 266 g/mol. The molecule has 0 spiro atoms. The molecule has 3 rings (SSSR count). The minimum absolute atomic E-state index is 0.242. The molecular formula is C17H13NO3. The van der Waals surface area contributed by atoms with E-state index in [-0.39, 0.29) is 5.56 Å². The van der Waals surface area contributed by atoms with Crippen LogP contribution in [0.25, 0.3) is 10.9 Å². The predicted molar refractivity (Wildman–Crippen MR) is 79.5 cm³/mol. The van der Waals surface area contributed by atoms with Crippen LogP contribution in [0.3, 0.4) is 0 Å². The summed E-state index contributed by atoms with van der Waals surface area (Å²) in [4.78, 5) is 15.3. The highest BCUT2D eigenvalue weighted by molar-refractivity contribution is 5.87. The van der Waals surface area contributed by atoms with Gasteiger partial charge in [0.2, 0.25) is 0 Å². The smallest absolute Gasteiger partial charge is 0.335 e. The average molecular weight is 279 g/mol. The number of aromatic nitrogens is 1. The van der Waals surface area contributed by atoms with Crippen molar-refractivity contribution in [1.82, 2.24) is 4.98 Å². The molecule has 0 aliphatic rings. The van der Waals surface area contributed by atoms with E-state index in [1.807, 2.05) is 36.4 Å². The number of benzene rings is 2. The van der Waals surface area contributed by atoms with Gasteiger partial charge in [-0.3, -0.25) is 0 Å². The molecule has 2 aromatic carbocycles. The Balaban J connectivity index is 1.72. The Morgan fingerprint density at radius 2 is 1.76 bits per heavy atom. The summed E-state index contributed by atoms with van der Waals surface area (Å²) < 4.78 is 5.62. The quantitative estimate of drug-likeness (QED) is 0.794. The maximum atomic E-state index is 10.8. The number of carboxylic acid groups (broad SMARTS) is 1. The molecule has 0 unspecified atom stereocenters. The maximum absolute atomic E-state index is 10.8. The Labute approximate surface area is 121 Å². The Hall–Kier alpha value is -2.88. The van der Waals surface area contributed by atoms with Gasteiger partial charge in [0.1, 0.15) is 12.4 Å². The molecule has 0 amide bonds. The highest BCUT2D eigenvalue weighted by atomic mass is 16.5. The first-order valence-electron chi connectivity index (χ1n) is 6.53. The molecule has 0 atom stereocenters. The van der Waals surface area contributed by atoms with Crippen molar-refractivity contribution in [2.24, 2.45) is 0 Å². The van der Waals surface area contributed by atoms with Crippen LogP contribution in [-0.2, 0) is 6.61 Å². The molecule has 4 nitrogen and oxygen atoms in total. The van der Waals surface area contributed by atoms with E-state index in [1.54, 1.807) is 12.1 Å². The van der Waals surface area contributed by atoms with Crippen molar-refractivity contribution in [3.63, 3.8) is 0 Å². The Morgan fingerprint density at radius 1 is 1.00 bits per heavy atom. The largest absolute Gasteiger partial charge is 0.487 e. The van der Waals surface area contributed by atoms with Crippen molar-refractivity contribution in [3.05, 3.63) is 71.9 Å². The van der Waals surface area contributed by atoms with E-state index < -0.39 is 5.97 Å². The molecule has 3 aromatic rings. The van der Waals surface area contributed by atoms with E-state index in [4.69, 9.17) is 9.84 Å². The second-order valence-electron chi connectivity index (χ2n) is 4.61. The summed E-state index contributed by atoms with van der Waals surface area (Å²) in [6, 6.07) is 18.2. The Bertz CT molecular complexity index is 781. The number of nitrogens with zero attached hydrogens (tertiary/aromatic N) is 1. The average Bonchev–Trinajstić information content (AvgIpc) is 2.53. The highest BCUT2D eigenvalue weighted by Gasteiger charge is 2.03. The molecule has 4 heteroatoms. The van der Waals surface area contributed by atoms with Crippen LogP contribution in [0.1, 0.15) is 16.1 Å². The number of fused-ring (bicyclic) bond motifs is 1. The van der Waals surface area contributed by atoms with Gasteiger partial charge in [-0.15, -0.1) is 0 Å². The summed E-state index contributed by atoms with van der Waals surface area (Å²) in [5.41, 5.74) is 2.00. The van der Waals surface area contributed by atoms with Crippen LogP contribution < -0.4 is 4.74 Å². The van der Waals surface area contributed by atoms with E-state index in [1.165, 1.54) is 12.1 Å². The molecule has 21 heavy (non-hydrogen) atoms. The van der Waals surface area contributed by atoms with Crippen LogP contribution in [0.5, 0.6) is 5.75 Å². The number of para-hydroxylation sites is 1. The van der Waals surface area contributed by atoms with Crippen LogP contribution in [-0.4, -0.2) is 16.1 Å². The summed E-state index contributed by atoms with van der Waals surface area (Å²) in [6.45, 7) is 0.344. The second kappa shape index (κ2) is 5.63. The fourth-order valence-corrected chi connectivity index (χ4v) is 2.04. The molecule has 0 fully saturated rings. The lowest BCUT2D eigenvalue weighted by Crippen LogP contribution is -1.99. The standard InChI is InChI=1S/C17H13NO3/c19-17(20)13-6-9-15(10-7-13)21-11-14-8-5-12-3-1-2-4-16(12)18-14/h1-10H,11H2,(H,19,20). The minimum atomic E-state index is -0.947. The molecule has 0 aliphatic carbocycles. The van der Waals surface area contributed by atoms with Gasteiger partial charge in [0.15, 0.2) is 0 Å². The molecule has 1 N–H and O–H groups in total. The van der Waals surface area contributed by atoms with Crippen LogP contribution in [0.15, 0.2) is 60.7 Å². The lowest BCUT2D eigenvalue weighted by molar-refractivity contribution is 0.0697. The first-order valence-corrected chi connectivity index (χ1v) is 6.53. The zero-order chi connectivity index (χ0) is 14.7. The molecule has 104 valence electrons. The van der Waals surface area contributed by atoms with E-state index in [9.17, 15) is 4.79 Å². The zero-order valence-electron chi connectivity index (χ0n) is 11.2. The monoisotopic (exact) mass is 279 g/mol. The lowest BCUT2D eigenvalue weighted by Gasteiger charge is -2.07. The van der Waals surface area contributed by atoms with E-state index in [0.29, 0.717) is 12.4 Å². The van der Waals surface area contributed by atoms with Crippen molar-refractivity contribution < 1.29 is 14.6 Å². The van der Waals surface area contributed by atoms with E-state index in [2.05, 4.69) is 4.98 Å². The topological polar surface area (TPSA) is 59.4 Å². The molecule has 1 heterocycles. The normalized spacial score (nSPS) is 10.5. The highest BCUT2D eigenvalue weighted by Crippen LogP contribution is 2.16. The second-order valence-corrected chi connectivity index (χ2v) is 4.61. The van der Waals surface area contributed by atoms with Gasteiger partial charge in [-0.25, -0.2) is 9.78 Å². The number of hydrogen-bond donors (Lipinski definition) is 1. The van der Waals surface area contributed by atoms with E-state index >= 15 is 0 Å². The van der Waals surface area contributed by atoms with Crippen molar-refractivity contribution >= 4 is 16.9 Å². The summed E-state index contributed by atoms with van der Waals surface area (Å²) >= 11 is 0. The maximum Gasteiger partial charge on any atom is 0.335 e. The summed E-state index contributed by atoms with van der Waals surface area (Å²) in [5, 5.41) is 9.92. The predicted octanol–water partition coefficient (Wildman–Crippen LogP) is 3.51. The Kier molecular flexibility index (Phi) is 3.51. The Morgan fingerprint density at radius 3 is 2.52 bits per heavy atom. The third-order valence-corrected chi connectivity index (χ3v) is 3.14. The van der Waals surface area contributed by atoms with Gasteiger partial charge in [0.05, 0.1) is 16.8 Å². The summed E-state index contributed by atoms with van der Waals surface area (Å²) in [7, 11) is 0. The van der Waals surface area contributed by atoms with Gasteiger partial charge >= 0.3 is 5.97 Å². The van der Waals surface area contributed by atoms with Crippen molar-refractivity contribution in [3.8, 4) is 5.75 Å². The summed E-state index contributed by atoms with van der Waals surface area (Å²) in [6.07, 6.45) is 0. The molecule has 0 saturated carbocycles. The fraction of sp³-hybridized carbons (Fsp3) is 0.0588. The molecule has 1 aromatic heterocycles. The SMILES string of the molecule is O=C(O)c1ccc(OCc2ccc3ccccc3n2)cc1. The number of aromatic carboxylic acids is 1. The molecule has 0 bridgehead atoms. The first kappa shape index (κ1) is 13.1. The van der Waals surface area contributed by atoms with E-state index in [0.717, 1.165) is 16.6 Å². The van der Waals surface area contributed by atoms with Crippen molar-refractivity contribution in [2.75, 3.05) is 0 Å². The van der Waals surface area contributed by atoms with Gasteiger partial charge in [-0.2, -0.15) is 0 Å². The van der Waals surface area contributed by atoms with Crippen molar-refractivity contribution in [2.45, 2.75) is 6.61 Å². The molecule has 0 aliphatic heterocycles. The number of pyridine rings is 1. The van der Waals surface area contributed by atoms with Crippen LogP contribution in [0.2, 0.25) is 0 Å². The van der Waals surface area contributed by atoms with Gasteiger partial charge < -0.3 is 9.84 Å². The van der Waals surface area contributed by atoms with Crippen molar-refractivity contribution in [1.29, 1.82) is 0 Å². The number of rotatable bonds is 4. The number of ether oxygens (including phenoxy) is 1. The fourth-order valence-electron chi connectivity index (χ4n) is 2.04. The number of hydrogen-bond acceptors (Lipinski definition) is 3. The van der Waals surface area contributed by atoms with Gasteiger partial charge in [-0.1, -0.05) is 24.3 Å². The molecule has 0 saturated heterocycles. The third-order valence-electron chi connectivity index (χ3n) is 3.14. The first-order chi connectivity index (χ1) is 10.2. The van der Waals surface area contributed by atoms with Crippen LogP contribution in [0.4, 0.5) is 0 Å². The third kappa shape index (κ3) is 3.00. The number of carboxylic acids is 1.